The van der Waals surface area contributed by atoms with Crippen LogP contribution < -0.4 is 5.32 Å². The first-order valence-electron chi connectivity index (χ1n) is 6.16. The highest BCUT2D eigenvalue weighted by molar-refractivity contribution is 5.99. The number of ether oxygens (including phenoxy) is 2. The van der Waals surface area contributed by atoms with Gasteiger partial charge in [0.2, 0.25) is 0 Å². The van der Waals surface area contributed by atoms with Gasteiger partial charge in [-0.2, -0.15) is 0 Å². The fraction of sp³-hybridized carbons (Fsp3) is 0.769. The predicted octanol–water partition coefficient (Wildman–Crippen LogP) is 1.67. The monoisotopic (exact) mass is 273 g/mol. The van der Waals surface area contributed by atoms with E-state index in [4.69, 9.17) is 4.74 Å². The van der Waals surface area contributed by atoms with Crippen molar-refractivity contribution in [3.63, 3.8) is 0 Å². The zero-order valence-electron chi connectivity index (χ0n) is 12.4. The summed E-state index contributed by atoms with van der Waals surface area (Å²) in [6, 6.07) is -0.769. The first-order valence-corrected chi connectivity index (χ1v) is 6.16. The summed E-state index contributed by atoms with van der Waals surface area (Å²) >= 11 is 0. The standard InChI is InChI=1S/C13H23NO5/c1-8(2)11(9(15)7-10(16)18-6)14-12(17)19-13(3,4)5/h8,11H,7H2,1-6H3,(H,14,17)/t11-/m0/s1. The second-order valence-corrected chi connectivity index (χ2v) is 5.59. The Morgan fingerprint density at radius 3 is 2.05 bits per heavy atom. The molecule has 0 saturated heterocycles. The highest BCUT2D eigenvalue weighted by Gasteiger charge is 2.28. The highest BCUT2D eigenvalue weighted by atomic mass is 16.6. The molecular formula is C13H23NO5. The van der Waals surface area contributed by atoms with Crippen LogP contribution in [0.5, 0.6) is 0 Å². The molecule has 110 valence electrons. The molecule has 1 atom stereocenters. The number of Topliss-reactive ketones (excluding diaryl/α,β-unsaturated/α-hetero) is 1. The Bertz CT molecular complexity index is 343. The van der Waals surface area contributed by atoms with E-state index >= 15 is 0 Å². The quantitative estimate of drug-likeness (QED) is 0.608. The van der Waals surface area contributed by atoms with Crippen molar-refractivity contribution in [2.24, 2.45) is 5.92 Å². The molecule has 0 heterocycles. The Morgan fingerprint density at radius 2 is 1.68 bits per heavy atom. The van der Waals surface area contributed by atoms with Crippen molar-refractivity contribution < 1.29 is 23.9 Å². The van der Waals surface area contributed by atoms with Crippen molar-refractivity contribution >= 4 is 17.8 Å². The molecule has 6 heteroatoms. The van der Waals surface area contributed by atoms with Gasteiger partial charge < -0.3 is 14.8 Å². The van der Waals surface area contributed by atoms with Gasteiger partial charge in [-0.15, -0.1) is 0 Å². The maximum Gasteiger partial charge on any atom is 0.408 e. The number of ketones is 1. The number of carbonyl (C=O) groups excluding carboxylic acids is 3. The number of methoxy groups -OCH3 is 1. The lowest BCUT2D eigenvalue weighted by Gasteiger charge is -2.24. The Labute approximate surface area is 113 Å². The Kier molecular flexibility index (Phi) is 6.52. The van der Waals surface area contributed by atoms with Gasteiger partial charge in [0, 0.05) is 0 Å². The number of rotatable bonds is 5. The number of alkyl carbamates (subject to hydrolysis) is 1. The molecule has 0 saturated carbocycles. The van der Waals surface area contributed by atoms with Gasteiger partial charge in [0.25, 0.3) is 0 Å². The van der Waals surface area contributed by atoms with Gasteiger partial charge in [0.05, 0.1) is 13.2 Å². The van der Waals surface area contributed by atoms with Gasteiger partial charge in [-0.3, -0.25) is 9.59 Å². The summed E-state index contributed by atoms with van der Waals surface area (Å²) in [5.74, 6) is -1.17. The van der Waals surface area contributed by atoms with E-state index in [1.807, 2.05) is 0 Å². The summed E-state index contributed by atoms with van der Waals surface area (Å²) in [6.45, 7) is 8.74. The molecule has 0 aliphatic heterocycles. The summed E-state index contributed by atoms with van der Waals surface area (Å²) < 4.78 is 9.51. The van der Waals surface area contributed by atoms with E-state index in [9.17, 15) is 14.4 Å². The van der Waals surface area contributed by atoms with E-state index in [0.29, 0.717) is 0 Å². The van der Waals surface area contributed by atoms with Crippen molar-refractivity contribution in [2.75, 3.05) is 7.11 Å². The van der Waals surface area contributed by atoms with Crippen molar-refractivity contribution in [3.05, 3.63) is 0 Å². The summed E-state index contributed by atoms with van der Waals surface area (Å²) in [5, 5.41) is 2.48. The van der Waals surface area contributed by atoms with Crippen LogP contribution in [-0.2, 0) is 19.1 Å². The molecule has 0 aliphatic rings. The molecule has 0 fully saturated rings. The maximum atomic E-state index is 11.9. The molecule has 0 radical (unpaired) electrons. The summed E-state index contributed by atoms with van der Waals surface area (Å²) in [5.41, 5.74) is -0.642. The SMILES string of the molecule is COC(=O)CC(=O)[C@@H](NC(=O)OC(C)(C)C)C(C)C. The van der Waals surface area contributed by atoms with Crippen molar-refractivity contribution in [3.8, 4) is 0 Å². The molecule has 0 aromatic rings. The van der Waals surface area contributed by atoms with Crippen LogP contribution in [0.2, 0.25) is 0 Å². The zero-order valence-corrected chi connectivity index (χ0v) is 12.4. The molecule has 1 amide bonds. The van der Waals surface area contributed by atoms with Crippen LogP contribution in [0.4, 0.5) is 4.79 Å². The molecule has 0 rings (SSSR count). The summed E-state index contributed by atoms with van der Waals surface area (Å²) in [7, 11) is 1.21. The third kappa shape index (κ3) is 7.43. The molecule has 0 spiro atoms. The van der Waals surface area contributed by atoms with E-state index in [-0.39, 0.29) is 12.3 Å². The third-order valence-electron chi connectivity index (χ3n) is 2.23. The number of amides is 1. The van der Waals surface area contributed by atoms with Crippen LogP contribution in [0.3, 0.4) is 0 Å². The second-order valence-electron chi connectivity index (χ2n) is 5.59. The van der Waals surface area contributed by atoms with Gasteiger partial charge in [0.1, 0.15) is 12.0 Å². The molecule has 6 nitrogen and oxygen atoms in total. The average Bonchev–Trinajstić information content (AvgIpc) is 2.22. The summed E-state index contributed by atoms with van der Waals surface area (Å²) in [4.78, 5) is 34.6. The van der Waals surface area contributed by atoms with E-state index in [1.54, 1.807) is 34.6 Å². The van der Waals surface area contributed by atoms with Gasteiger partial charge in [-0.1, -0.05) is 13.8 Å². The fourth-order valence-corrected chi connectivity index (χ4v) is 1.38. The Morgan fingerprint density at radius 1 is 1.16 bits per heavy atom. The van der Waals surface area contributed by atoms with Crippen LogP contribution in [0, 0.1) is 5.92 Å². The minimum Gasteiger partial charge on any atom is -0.469 e. The fourth-order valence-electron chi connectivity index (χ4n) is 1.38. The predicted molar refractivity (Wildman–Crippen MR) is 69.6 cm³/mol. The number of esters is 1. The van der Waals surface area contributed by atoms with Crippen LogP contribution in [0.15, 0.2) is 0 Å². The molecule has 0 aromatic carbocycles. The van der Waals surface area contributed by atoms with Crippen LogP contribution in [0.1, 0.15) is 41.0 Å². The van der Waals surface area contributed by atoms with Gasteiger partial charge in [-0.25, -0.2) is 4.79 Å². The lowest BCUT2D eigenvalue weighted by atomic mass is 9.98. The minimum absolute atomic E-state index is 0.148. The van der Waals surface area contributed by atoms with E-state index in [1.165, 1.54) is 7.11 Å². The first-order chi connectivity index (χ1) is 8.56. The molecule has 0 unspecified atom stereocenters. The summed E-state index contributed by atoms with van der Waals surface area (Å²) in [6.07, 6.45) is -1.04. The Balaban J connectivity index is 4.62. The lowest BCUT2D eigenvalue weighted by molar-refractivity contribution is -0.144. The zero-order chi connectivity index (χ0) is 15.2. The van der Waals surface area contributed by atoms with Gasteiger partial charge >= 0.3 is 12.1 Å². The van der Waals surface area contributed by atoms with Crippen molar-refractivity contribution in [2.45, 2.75) is 52.7 Å². The molecule has 19 heavy (non-hydrogen) atoms. The third-order valence-corrected chi connectivity index (χ3v) is 2.23. The van der Waals surface area contributed by atoms with Gasteiger partial charge in [-0.05, 0) is 26.7 Å². The maximum absolute atomic E-state index is 11.9. The minimum atomic E-state index is -0.769. The average molecular weight is 273 g/mol. The topological polar surface area (TPSA) is 81.7 Å². The van der Waals surface area contributed by atoms with Crippen LogP contribution >= 0.6 is 0 Å². The number of carbonyl (C=O) groups is 3. The molecule has 0 bridgehead atoms. The second kappa shape index (κ2) is 7.11. The van der Waals surface area contributed by atoms with Crippen molar-refractivity contribution in [1.82, 2.24) is 5.32 Å². The lowest BCUT2D eigenvalue weighted by Crippen LogP contribution is -2.46. The van der Waals surface area contributed by atoms with Gasteiger partial charge in [0.15, 0.2) is 5.78 Å². The normalized spacial score (nSPS) is 12.8. The van der Waals surface area contributed by atoms with E-state index in [0.717, 1.165) is 0 Å². The van der Waals surface area contributed by atoms with Crippen LogP contribution in [-0.4, -0.2) is 36.6 Å². The largest absolute Gasteiger partial charge is 0.469 e. The number of nitrogens with one attached hydrogen (secondary N) is 1. The Hall–Kier alpha value is -1.59. The number of hydrogen-bond acceptors (Lipinski definition) is 5. The van der Waals surface area contributed by atoms with Crippen molar-refractivity contribution in [1.29, 1.82) is 0 Å². The molecular weight excluding hydrogens is 250 g/mol. The van der Waals surface area contributed by atoms with E-state index in [2.05, 4.69) is 10.1 Å². The molecule has 1 N–H and O–H groups in total. The molecule has 0 aromatic heterocycles. The number of hydrogen-bond donors (Lipinski definition) is 1. The molecule has 0 aliphatic carbocycles. The highest BCUT2D eigenvalue weighted by Crippen LogP contribution is 2.10. The van der Waals surface area contributed by atoms with E-state index < -0.39 is 29.5 Å². The van der Waals surface area contributed by atoms with Crippen LogP contribution in [0.25, 0.3) is 0 Å². The smallest absolute Gasteiger partial charge is 0.408 e. The first kappa shape index (κ1) is 17.4.